The van der Waals surface area contributed by atoms with Gasteiger partial charge in [0.15, 0.2) is 5.65 Å². The fraction of sp³-hybridized carbons (Fsp3) is 0.379. The van der Waals surface area contributed by atoms with Gasteiger partial charge in [0.2, 0.25) is 0 Å². The van der Waals surface area contributed by atoms with E-state index in [1.165, 1.54) is 0 Å². The zero-order valence-electron chi connectivity index (χ0n) is 21.9. The number of methoxy groups -OCH3 is 1. The van der Waals surface area contributed by atoms with E-state index in [0.29, 0.717) is 16.3 Å². The quantitative estimate of drug-likeness (QED) is 0.283. The maximum Gasteiger partial charge on any atom is 0.251 e. The first kappa shape index (κ1) is 26.0. The van der Waals surface area contributed by atoms with Crippen LogP contribution in [-0.4, -0.2) is 44.8 Å². The van der Waals surface area contributed by atoms with E-state index in [1.807, 2.05) is 42.5 Å². The predicted molar refractivity (Wildman–Crippen MR) is 151 cm³/mol. The van der Waals surface area contributed by atoms with Crippen molar-refractivity contribution in [2.75, 3.05) is 12.4 Å². The van der Waals surface area contributed by atoms with Crippen molar-refractivity contribution in [3.05, 3.63) is 71.1 Å². The lowest BCUT2D eigenvalue weighted by Gasteiger charge is -2.30. The van der Waals surface area contributed by atoms with Crippen LogP contribution in [0.4, 0.5) is 5.82 Å². The molecule has 0 spiro atoms. The van der Waals surface area contributed by atoms with Crippen molar-refractivity contribution in [1.29, 1.82) is 0 Å². The summed E-state index contributed by atoms with van der Waals surface area (Å²) in [4.78, 5) is 22.6. The Morgan fingerprint density at radius 1 is 1.11 bits per heavy atom. The van der Waals surface area contributed by atoms with Gasteiger partial charge >= 0.3 is 0 Å². The highest BCUT2D eigenvalue weighted by molar-refractivity contribution is 6.32. The molecule has 9 heteroatoms. The highest BCUT2D eigenvalue weighted by atomic mass is 35.5. The van der Waals surface area contributed by atoms with Crippen LogP contribution in [0.2, 0.25) is 5.02 Å². The molecule has 2 heterocycles. The molecule has 38 heavy (non-hydrogen) atoms. The van der Waals surface area contributed by atoms with Gasteiger partial charge in [-0.05, 0) is 62.4 Å². The van der Waals surface area contributed by atoms with Gasteiger partial charge in [0.1, 0.15) is 17.4 Å². The van der Waals surface area contributed by atoms with Gasteiger partial charge in [0, 0.05) is 23.6 Å². The topological polar surface area (TPSA) is 94.0 Å². The zero-order chi connectivity index (χ0) is 26.6. The smallest absolute Gasteiger partial charge is 0.251 e. The van der Waals surface area contributed by atoms with Gasteiger partial charge in [-0.25, -0.2) is 14.6 Å². The van der Waals surface area contributed by atoms with E-state index < -0.39 is 0 Å². The molecule has 0 aliphatic heterocycles. The van der Waals surface area contributed by atoms with Gasteiger partial charge in [-0.3, -0.25) is 4.79 Å². The molecule has 4 aromatic rings. The Balaban J connectivity index is 1.32. The Kier molecular flexibility index (Phi) is 7.79. The number of carbonyl (C=O) groups excluding carboxylic acids is 1. The number of anilines is 1. The van der Waals surface area contributed by atoms with Gasteiger partial charge in [-0.15, -0.1) is 0 Å². The number of nitrogens with zero attached hydrogens (tertiary/aromatic N) is 4. The molecular formula is C29H33ClN6O2. The molecule has 1 fully saturated rings. The number of benzene rings is 2. The highest BCUT2D eigenvalue weighted by Crippen LogP contribution is 2.30. The average Bonchev–Trinajstić information content (AvgIpc) is 3.38. The first-order chi connectivity index (χ1) is 18.5. The second-order valence-electron chi connectivity index (χ2n) is 9.88. The molecule has 8 nitrogen and oxygen atoms in total. The maximum absolute atomic E-state index is 12.8. The molecular weight excluding hydrogens is 500 g/mol. The molecule has 1 amide bonds. The third-order valence-electron chi connectivity index (χ3n) is 7.31. The number of nitrogens with one attached hydrogen (secondary N) is 2. The SMILES string of the molecule is CCC(C)c1nc(NC2CCC(NC(=O)c3cccc(OC)c3)CC2)c2cnn(-c3ccccc3Cl)c2n1. The fourth-order valence-electron chi connectivity index (χ4n) is 4.85. The van der Waals surface area contributed by atoms with Crippen molar-refractivity contribution in [1.82, 2.24) is 25.1 Å². The normalized spacial score (nSPS) is 18.2. The Bertz CT molecular complexity index is 1430. The Morgan fingerprint density at radius 2 is 1.87 bits per heavy atom. The number of rotatable bonds is 8. The van der Waals surface area contributed by atoms with Crippen LogP contribution >= 0.6 is 11.6 Å². The van der Waals surface area contributed by atoms with Gasteiger partial charge in [-0.2, -0.15) is 5.10 Å². The summed E-state index contributed by atoms with van der Waals surface area (Å²) < 4.78 is 7.04. The molecule has 2 aromatic carbocycles. The molecule has 0 saturated heterocycles. The molecule has 1 atom stereocenters. The molecule has 1 saturated carbocycles. The molecule has 1 aliphatic rings. The van der Waals surface area contributed by atoms with Crippen LogP contribution in [0.25, 0.3) is 16.7 Å². The number of hydrogen-bond donors (Lipinski definition) is 2. The summed E-state index contributed by atoms with van der Waals surface area (Å²) in [6, 6.07) is 15.3. The van der Waals surface area contributed by atoms with Crippen LogP contribution in [0.5, 0.6) is 5.75 Å². The second kappa shape index (κ2) is 11.4. The molecule has 1 unspecified atom stereocenters. The molecule has 1 aliphatic carbocycles. The van der Waals surface area contributed by atoms with E-state index in [2.05, 4.69) is 29.6 Å². The minimum atomic E-state index is -0.0667. The molecule has 2 N–H and O–H groups in total. The van der Waals surface area contributed by atoms with Crippen molar-refractivity contribution < 1.29 is 9.53 Å². The van der Waals surface area contributed by atoms with Crippen molar-refractivity contribution in [2.24, 2.45) is 0 Å². The summed E-state index contributed by atoms with van der Waals surface area (Å²) >= 11 is 6.49. The Morgan fingerprint density at radius 3 is 2.61 bits per heavy atom. The highest BCUT2D eigenvalue weighted by Gasteiger charge is 2.25. The number of para-hydroxylation sites is 1. The van der Waals surface area contributed by atoms with E-state index in [1.54, 1.807) is 24.1 Å². The lowest BCUT2D eigenvalue weighted by atomic mass is 9.91. The summed E-state index contributed by atoms with van der Waals surface area (Å²) in [5, 5.41) is 13.0. The zero-order valence-corrected chi connectivity index (χ0v) is 22.7. The lowest BCUT2D eigenvalue weighted by molar-refractivity contribution is 0.0926. The minimum absolute atomic E-state index is 0.0667. The fourth-order valence-corrected chi connectivity index (χ4v) is 5.06. The van der Waals surface area contributed by atoms with Crippen molar-refractivity contribution >= 4 is 34.4 Å². The summed E-state index contributed by atoms with van der Waals surface area (Å²) in [6.07, 6.45) is 6.36. The standard InChI is InChI=1S/C29H33ClN6O2/c1-4-18(2)26-34-27(23-17-31-36(28(23)35-26)25-11-6-5-10-24(25)30)32-20-12-14-21(15-13-20)33-29(37)19-8-7-9-22(16-19)38-3/h5-11,16-18,20-21H,4,12-15H2,1-3H3,(H,33,37)(H,32,34,35). The van der Waals surface area contributed by atoms with Crippen LogP contribution in [0.3, 0.4) is 0 Å². The number of aromatic nitrogens is 4. The van der Waals surface area contributed by atoms with E-state index in [0.717, 1.165) is 60.5 Å². The van der Waals surface area contributed by atoms with Gasteiger partial charge in [0.25, 0.3) is 5.91 Å². The third kappa shape index (κ3) is 5.45. The summed E-state index contributed by atoms with van der Waals surface area (Å²) in [5.74, 6) is 2.40. The predicted octanol–water partition coefficient (Wildman–Crippen LogP) is 6.14. The summed E-state index contributed by atoms with van der Waals surface area (Å²) in [6.45, 7) is 4.27. The number of amides is 1. The van der Waals surface area contributed by atoms with Crippen LogP contribution in [0, 0.1) is 0 Å². The molecule has 0 bridgehead atoms. The van der Waals surface area contributed by atoms with Crippen LogP contribution < -0.4 is 15.4 Å². The van der Waals surface area contributed by atoms with Gasteiger partial charge in [-0.1, -0.05) is 43.6 Å². The van der Waals surface area contributed by atoms with E-state index in [9.17, 15) is 4.79 Å². The van der Waals surface area contributed by atoms with Crippen LogP contribution in [0.1, 0.15) is 68.1 Å². The Labute approximate surface area is 227 Å². The number of ether oxygens (including phenoxy) is 1. The van der Waals surface area contributed by atoms with Crippen LogP contribution in [-0.2, 0) is 0 Å². The van der Waals surface area contributed by atoms with Crippen LogP contribution in [0.15, 0.2) is 54.7 Å². The lowest BCUT2D eigenvalue weighted by Crippen LogP contribution is -2.40. The molecule has 0 radical (unpaired) electrons. The largest absolute Gasteiger partial charge is 0.497 e. The molecule has 2 aromatic heterocycles. The number of fused-ring (bicyclic) bond motifs is 1. The maximum atomic E-state index is 12.8. The Hall–Kier alpha value is -3.65. The molecule has 5 rings (SSSR count). The van der Waals surface area contributed by atoms with E-state index in [-0.39, 0.29) is 23.9 Å². The monoisotopic (exact) mass is 532 g/mol. The number of hydrogen-bond acceptors (Lipinski definition) is 6. The number of halogens is 1. The second-order valence-corrected chi connectivity index (χ2v) is 10.3. The van der Waals surface area contributed by atoms with Gasteiger partial charge < -0.3 is 15.4 Å². The van der Waals surface area contributed by atoms with Crippen molar-refractivity contribution in [3.8, 4) is 11.4 Å². The third-order valence-corrected chi connectivity index (χ3v) is 7.63. The van der Waals surface area contributed by atoms with Gasteiger partial charge in [0.05, 0.1) is 29.4 Å². The summed E-state index contributed by atoms with van der Waals surface area (Å²) in [5.41, 5.74) is 2.14. The first-order valence-electron chi connectivity index (χ1n) is 13.2. The first-order valence-corrected chi connectivity index (χ1v) is 13.6. The summed E-state index contributed by atoms with van der Waals surface area (Å²) in [7, 11) is 1.60. The molecule has 198 valence electrons. The van der Waals surface area contributed by atoms with Crippen molar-refractivity contribution in [3.63, 3.8) is 0 Å². The average molecular weight is 533 g/mol. The van der Waals surface area contributed by atoms with E-state index in [4.69, 9.17) is 26.3 Å². The number of carbonyl (C=O) groups is 1. The van der Waals surface area contributed by atoms with Crippen molar-refractivity contribution in [2.45, 2.75) is 64.0 Å². The minimum Gasteiger partial charge on any atom is -0.497 e. The van der Waals surface area contributed by atoms with E-state index >= 15 is 0 Å².